The van der Waals surface area contributed by atoms with Crippen molar-refractivity contribution in [3.8, 4) is 22.9 Å². The first kappa shape index (κ1) is 13.9. The molecule has 0 bridgehead atoms. The van der Waals surface area contributed by atoms with E-state index in [0.29, 0.717) is 16.7 Å². The number of hydrogen-bond donors (Lipinski definition) is 0. The van der Waals surface area contributed by atoms with Gasteiger partial charge in [0.2, 0.25) is 0 Å². The molecule has 0 N–H and O–H groups in total. The molecule has 2 nitrogen and oxygen atoms in total. The predicted octanol–water partition coefficient (Wildman–Crippen LogP) is 4.43. The van der Waals surface area contributed by atoms with Gasteiger partial charge in [-0.25, -0.2) is 0 Å². The summed E-state index contributed by atoms with van der Waals surface area (Å²) in [6.45, 7) is 1.83. The van der Waals surface area contributed by atoms with Crippen molar-refractivity contribution in [3.05, 3.63) is 53.6 Å². The zero-order valence-corrected chi connectivity index (χ0v) is 10.5. The summed E-state index contributed by atoms with van der Waals surface area (Å²) in [5.41, 5.74) is 2.30. The number of rotatable bonds is 2. The van der Waals surface area contributed by atoms with E-state index in [1.807, 2.05) is 25.1 Å². The number of ether oxygens (including phenoxy) is 1. The SMILES string of the molecule is Cc1ccccc1-c1cc(OC(F)(F)F)ccc1C#N. The molecule has 102 valence electrons. The monoisotopic (exact) mass is 277 g/mol. The summed E-state index contributed by atoms with van der Waals surface area (Å²) >= 11 is 0. The summed E-state index contributed by atoms with van der Waals surface area (Å²) in [4.78, 5) is 0. The second kappa shape index (κ2) is 5.25. The highest BCUT2D eigenvalue weighted by molar-refractivity contribution is 5.74. The van der Waals surface area contributed by atoms with Gasteiger partial charge < -0.3 is 4.74 Å². The Labute approximate surface area is 114 Å². The molecule has 2 aromatic carbocycles. The van der Waals surface area contributed by atoms with Crippen LogP contribution in [0.15, 0.2) is 42.5 Å². The molecule has 0 aliphatic rings. The molecule has 0 saturated carbocycles. The Morgan fingerprint density at radius 2 is 1.75 bits per heavy atom. The lowest BCUT2D eigenvalue weighted by atomic mass is 9.96. The van der Waals surface area contributed by atoms with E-state index in [0.717, 1.165) is 11.6 Å². The molecule has 0 atom stereocenters. The highest BCUT2D eigenvalue weighted by atomic mass is 19.4. The van der Waals surface area contributed by atoms with Gasteiger partial charge in [0, 0.05) is 5.56 Å². The Kier molecular flexibility index (Phi) is 3.66. The molecule has 0 spiro atoms. The Hall–Kier alpha value is -2.48. The van der Waals surface area contributed by atoms with Gasteiger partial charge in [0.15, 0.2) is 0 Å². The summed E-state index contributed by atoms with van der Waals surface area (Å²) in [5, 5.41) is 9.08. The standard InChI is InChI=1S/C15H10F3NO/c1-10-4-2-3-5-13(10)14-8-12(20-15(16,17)18)7-6-11(14)9-19/h2-8H,1H3. The van der Waals surface area contributed by atoms with Crippen molar-refractivity contribution in [2.24, 2.45) is 0 Å². The first-order chi connectivity index (χ1) is 9.40. The number of benzene rings is 2. The number of hydrogen-bond acceptors (Lipinski definition) is 2. The van der Waals surface area contributed by atoms with Crippen molar-refractivity contribution in [2.75, 3.05) is 0 Å². The van der Waals surface area contributed by atoms with Crippen molar-refractivity contribution in [3.63, 3.8) is 0 Å². The molecule has 0 radical (unpaired) electrons. The van der Waals surface area contributed by atoms with Crippen LogP contribution in [0.5, 0.6) is 5.75 Å². The molecule has 0 aliphatic heterocycles. The number of nitriles is 1. The Morgan fingerprint density at radius 3 is 2.35 bits per heavy atom. The van der Waals surface area contributed by atoms with Crippen molar-refractivity contribution in [1.29, 1.82) is 5.26 Å². The molecule has 0 heterocycles. The topological polar surface area (TPSA) is 33.0 Å². The van der Waals surface area contributed by atoms with Gasteiger partial charge in [-0.3, -0.25) is 0 Å². The van der Waals surface area contributed by atoms with Gasteiger partial charge in [-0.05, 0) is 36.2 Å². The van der Waals surface area contributed by atoms with Gasteiger partial charge in [0.1, 0.15) is 5.75 Å². The Morgan fingerprint density at radius 1 is 1.05 bits per heavy atom. The van der Waals surface area contributed by atoms with Crippen LogP contribution < -0.4 is 4.74 Å². The molecule has 2 aromatic rings. The minimum atomic E-state index is -4.75. The quantitative estimate of drug-likeness (QED) is 0.813. The van der Waals surface area contributed by atoms with Crippen molar-refractivity contribution < 1.29 is 17.9 Å². The van der Waals surface area contributed by atoms with E-state index in [-0.39, 0.29) is 5.75 Å². The molecular formula is C15H10F3NO. The number of nitrogens with zero attached hydrogens (tertiary/aromatic N) is 1. The van der Waals surface area contributed by atoms with Crippen molar-refractivity contribution in [1.82, 2.24) is 0 Å². The average Bonchev–Trinajstić information content (AvgIpc) is 2.37. The van der Waals surface area contributed by atoms with E-state index in [2.05, 4.69) is 4.74 Å². The highest BCUT2D eigenvalue weighted by Gasteiger charge is 2.31. The van der Waals surface area contributed by atoms with Crippen LogP contribution in [0.2, 0.25) is 0 Å². The summed E-state index contributed by atoms with van der Waals surface area (Å²) < 4.78 is 40.6. The van der Waals surface area contributed by atoms with Crippen LogP contribution in [-0.2, 0) is 0 Å². The molecular weight excluding hydrogens is 267 g/mol. The minimum Gasteiger partial charge on any atom is -0.406 e. The maximum absolute atomic E-state index is 12.2. The summed E-state index contributed by atoms with van der Waals surface area (Å²) in [7, 11) is 0. The number of halogens is 3. The summed E-state index contributed by atoms with van der Waals surface area (Å²) in [5.74, 6) is -0.338. The van der Waals surface area contributed by atoms with Gasteiger partial charge >= 0.3 is 6.36 Å². The second-order valence-electron chi connectivity index (χ2n) is 4.18. The van der Waals surface area contributed by atoms with Crippen LogP contribution in [0.4, 0.5) is 13.2 Å². The lowest BCUT2D eigenvalue weighted by Crippen LogP contribution is -2.17. The smallest absolute Gasteiger partial charge is 0.406 e. The molecule has 20 heavy (non-hydrogen) atoms. The van der Waals surface area contributed by atoms with E-state index in [9.17, 15) is 13.2 Å². The third-order valence-electron chi connectivity index (χ3n) is 2.78. The zero-order chi connectivity index (χ0) is 14.8. The molecule has 0 aromatic heterocycles. The molecule has 2 rings (SSSR count). The van der Waals surface area contributed by atoms with Crippen LogP contribution >= 0.6 is 0 Å². The highest BCUT2D eigenvalue weighted by Crippen LogP contribution is 2.32. The molecule has 0 unspecified atom stereocenters. The van der Waals surface area contributed by atoms with Gasteiger partial charge in [-0.15, -0.1) is 13.2 Å². The first-order valence-corrected chi connectivity index (χ1v) is 5.76. The fourth-order valence-corrected chi connectivity index (χ4v) is 1.92. The fraction of sp³-hybridized carbons (Fsp3) is 0.133. The maximum Gasteiger partial charge on any atom is 0.573 e. The number of alkyl halides is 3. The van der Waals surface area contributed by atoms with E-state index in [1.54, 1.807) is 12.1 Å². The van der Waals surface area contributed by atoms with Gasteiger partial charge in [-0.1, -0.05) is 24.3 Å². The maximum atomic E-state index is 12.2. The predicted molar refractivity (Wildman–Crippen MR) is 68.0 cm³/mol. The fourth-order valence-electron chi connectivity index (χ4n) is 1.92. The van der Waals surface area contributed by atoms with Crippen molar-refractivity contribution >= 4 is 0 Å². The summed E-state index contributed by atoms with van der Waals surface area (Å²) in [6.07, 6.45) is -4.75. The van der Waals surface area contributed by atoms with Crippen LogP contribution in [0, 0.1) is 18.3 Å². The normalized spacial score (nSPS) is 10.9. The lowest BCUT2D eigenvalue weighted by Gasteiger charge is -2.12. The lowest BCUT2D eigenvalue weighted by molar-refractivity contribution is -0.274. The third kappa shape index (κ3) is 3.09. The molecule has 0 fully saturated rings. The molecule has 5 heteroatoms. The Balaban J connectivity index is 2.54. The minimum absolute atomic E-state index is 0.300. The average molecular weight is 277 g/mol. The van der Waals surface area contributed by atoms with Crippen LogP contribution in [0.25, 0.3) is 11.1 Å². The Bertz CT molecular complexity index is 672. The largest absolute Gasteiger partial charge is 0.573 e. The molecule has 0 amide bonds. The molecule has 0 aliphatic carbocycles. The third-order valence-corrected chi connectivity index (χ3v) is 2.78. The van der Waals surface area contributed by atoms with Gasteiger partial charge in [0.05, 0.1) is 11.6 Å². The van der Waals surface area contributed by atoms with Crippen LogP contribution in [0.3, 0.4) is 0 Å². The molecule has 0 saturated heterocycles. The van der Waals surface area contributed by atoms with Crippen LogP contribution in [-0.4, -0.2) is 6.36 Å². The van der Waals surface area contributed by atoms with Crippen molar-refractivity contribution in [2.45, 2.75) is 13.3 Å². The van der Waals surface area contributed by atoms with E-state index < -0.39 is 6.36 Å². The van der Waals surface area contributed by atoms with Crippen LogP contribution in [0.1, 0.15) is 11.1 Å². The number of aryl methyl sites for hydroxylation is 1. The van der Waals surface area contributed by atoms with E-state index in [4.69, 9.17) is 5.26 Å². The van der Waals surface area contributed by atoms with Gasteiger partial charge in [-0.2, -0.15) is 5.26 Å². The van der Waals surface area contributed by atoms with E-state index in [1.165, 1.54) is 12.1 Å². The summed E-state index contributed by atoms with van der Waals surface area (Å²) in [6, 6.07) is 12.8. The first-order valence-electron chi connectivity index (χ1n) is 5.76. The zero-order valence-electron chi connectivity index (χ0n) is 10.5. The second-order valence-corrected chi connectivity index (χ2v) is 4.18. The van der Waals surface area contributed by atoms with Gasteiger partial charge in [0.25, 0.3) is 0 Å². The van der Waals surface area contributed by atoms with E-state index >= 15 is 0 Å².